The highest BCUT2D eigenvalue weighted by molar-refractivity contribution is 7.18. The highest BCUT2D eigenvalue weighted by atomic mass is 32.1. The monoisotopic (exact) mass is 987 g/mol. The van der Waals surface area contributed by atoms with Gasteiger partial charge in [-0.1, -0.05) is 144 Å². The van der Waals surface area contributed by atoms with Crippen LogP contribution in [0, 0.1) is 32.6 Å². The van der Waals surface area contributed by atoms with Gasteiger partial charge in [-0.3, -0.25) is 9.98 Å². The van der Waals surface area contributed by atoms with Gasteiger partial charge in [0.15, 0.2) is 22.9 Å². The molecule has 0 bridgehead atoms. The van der Waals surface area contributed by atoms with Crippen LogP contribution in [0.2, 0.25) is 0 Å². The Bertz CT molecular complexity index is 3030. The van der Waals surface area contributed by atoms with Crippen molar-refractivity contribution in [2.45, 2.75) is 140 Å². The summed E-state index contributed by atoms with van der Waals surface area (Å²) >= 11 is 3.58. The molecule has 4 aromatic heterocycles. The molecule has 0 atom stereocenters. The lowest BCUT2D eigenvalue weighted by atomic mass is 10.0. The number of aryl methyl sites for hydroxylation is 3. The van der Waals surface area contributed by atoms with E-state index in [1.165, 1.54) is 64.6 Å². The normalized spacial score (nSPS) is 12.4. The van der Waals surface area contributed by atoms with Crippen molar-refractivity contribution >= 4 is 77.9 Å². The highest BCUT2D eigenvalue weighted by Crippen LogP contribution is 2.31. The van der Waals surface area contributed by atoms with Crippen LogP contribution in [0.4, 0.5) is 11.4 Å². The van der Waals surface area contributed by atoms with Crippen molar-refractivity contribution in [2.24, 2.45) is 21.8 Å². The van der Waals surface area contributed by atoms with Crippen LogP contribution in [0.5, 0.6) is 0 Å². The predicted octanol–water partition coefficient (Wildman–Crippen LogP) is 18.5. The molecular formula is C61H74N6O2S2. The lowest BCUT2D eigenvalue weighted by molar-refractivity contribution is 0.501. The van der Waals surface area contributed by atoms with Crippen LogP contribution in [0.25, 0.3) is 32.4 Å². The molecule has 10 heteroatoms. The molecule has 2 aliphatic heterocycles. The first-order valence-electron chi connectivity index (χ1n) is 25.2. The van der Waals surface area contributed by atoms with Crippen LogP contribution in [-0.2, 0) is 12.8 Å². The van der Waals surface area contributed by atoms with Gasteiger partial charge in [-0.05, 0) is 103 Å². The van der Waals surface area contributed by atoms with E-state index in [1.54, 1.807) is 22.7 Å². The molecule has 0 saturated carbocycles. The molecule has 2 aliphatic rings. The Hall–Kier alpha value is -6.10. The van der Waals surface area contributed by atoms with Crippen molar-refractivity contribution in [1.82, 2.24) is 19.9 Å². The number of nitrogens with zero attached hydrogens (tertiary/aromatic N) is 6. The molecule has 6 heterocycles. The third-order valence-corrected chi connectivity index (χ3v) is 14.2. The number of rotatable bonds is 6. The number of fused-ring (bicyclic) bond motifs is 5. The number of oxazole rings is 2. The molecule has 8 nitrogen and oxygen atoms in total. The summed E-state index contributed by atoms with van der Waals surface area (Å²) in [5.74, 6) is 4.64. The smallest absolute Gasteiger partial charge is 0.198 e. The van der Waals surface area contributed by atoms with E-state index in [2.05, 4.69) is 194 Å². The van der Waals surface area contributed by atoms with Gasteiger partial charge in [0, 0.05) is 59.0 Å². The van der Waals surface area contributed by atoms with Gasteiger partial charge in [-0.25, -0.2) is 19.9 Å². The van der Waals surface area contributed by atoms with Gasteiger partial charge >= 0.3 is 0 Å². The quantitative estimate of drug-likeness (QED) is 0.164. The Morgan fingerprint density at radius 2 is 0.958 bits per heavy atom. The topological polar surface area (TPSA) is 103 Å². The van der Waals surface area contributed by atoms with Gasteiger partial charge in [0.05, 0.1) is 31.6 Å². The first-order chi connectivity index (χ1) is 33.8. The van der Waals surface area contributed by atoms with Gasteiger partial charge in [0.25, 0.3) is 0 Å². The summed E-state index contributed by atoms with van der Waals surface area (Å²) in [5, 5.41) is 2.48. The standard InChI is InChI=1S/C12H15N.C11H13NO.C11H13N.C10H11NO.C10H11NS.C7H11NS/c1-8(2)11-7-10-5-4-9(3)6-12(10)13-11;1-7(2)11-12-9-5-4-8(3)6-10(9)13-11;1-8(2)11-7-9-5-3-4-6-10(9)12-11;2*1-7(2)10-11-8-5-3-4-6-9(8)12-10;1-5(2)7-8-4-6(3)9-7/h4-6,8H,7H2,1-3H3;4-7H,1-3H3;3-6,8H,7H2,1-2H3;2*3-7H,1-2H3;4-5H,1-3H3. The van der Waals surface area contributed by atoms with Gasteiger partial charge in [-0.15, -0.1) is 22.7 Å². The zero-order valence-electron chi connectivity index (χ0n) is 44.7. The van der Waals surface area contributed by atoms with E-state index in [0.717, 1.165) is 52.3 Å². The Balaban J connectivity index is 0.000000140. The molecule has 0 radical (unpaired) electrons. The Morgan fingerprint density at radius 3 is 1.51 bits per heavy atom. The third kappa shape index (κ3) is 15.4. The Kier molecular flexibility index (Phi) is 19.4. The molecule has 11 rings (SSSR count). The molecule has 0 saturated heterocycles. The van der Waals surface area contributed by atoms with Crippen molar-refractivity contribution in [1.29, 1.82) is 0 Å². The summed E-state index contributed by atoms with van der Waals surface area (Å²) < 4.78 is 12.4. The second kappa shape index (κ2) is 25.3. The number of para-hydroxylation sites is 4. The van der Waals surface area contributed by atoms with E-state index in [9.17, 15) is 0 Å². The van der Waals surface area contributed by atoms with Gasteiger partial charge in [0.2, 0.25) is 0 Å². The molecule has 0 amide bonds. The van der Waals surface area contributed by atoms with Gasteiger partial charge < -0.3 is 8.83 Å². The van der Waals surface area contributed by atoms with Crippen LogP contribution < -0.4 is 0 Å². The summed E-state index contributed by atoms with van der Waals surface area (Å²) in [7, 11) is 0. The van der Waals surface area contributed by atoms with Crippen LogP contribution in [0.1, 0.15) is 156 Å². The fourth-order valence-corrected chi connectivity index (χ4v) is 9.10. The number of aromatic nitrogens is 4. The second-order valence-electron chi connectivity index (χ2n) is 20.1. The largest absolute Gasteiger partial charge is 0.440 e. The fourth-order valence-electron chi connectivity index (χ4n) is 7.35. The molecule has 0 spiro atoms. The zero-order valence-corrected chi connectivity index (χ0v) is 46.3. The zero-order chi connectivity index (χ0) is 51.4. The lowest BCUT2D eigenvalue weighted by Crippen LogP contribution is -2.06. The average Bonchev–Trinajstić information content (AvgIpc) is 4.20. The molecule has 0 fully saturated rings. The number of aliphatic imine (C=N–C) groups is 2. The Labute approximate surface area is 430 Å². The maximum atomic E-state index is 5.60. The van der Waals surface area contributed by atoms with Crippen LogP contribution in [-0.4, -0.2) is 31.4 Å². The molecule has 0 unspecified atom stereocenters. The first-order valence-corrected chi connectivity index (χ1v) is 26.8. The number of thiazole rings is 2. The maximum absolute atomic E-state index is 5.60. The van der Waals surface area contributed by atoms with E-state index in [-0.39, 0.29) is 0 Å². The maximum Gasteiger partial charge on any atom is 0.198 e. The minimum Gasteiger partial charge on any atom is -0.440 e. The van der Waals surface area contributed by atoms with E-state index >= 15 is 0 Å². The van der Waals surface area contributed by atoms with E-state index in [1.807, 2.05) is 54.7 Å². The van der Waals surface area contributed by atoms with Crippen LogP contribution in [0.3, 0.4) is 0 Å². The summed E-state index contributed by atoms with van der Waals surface area (Å²) in [5.41, 5.74) is 15.1. The molecule has 0 aliphatic carbocycles. The fraction of sp³-hybridized carbons (Fsp3) is 0.377. The van der Waals surface area contributed by atoms with Gasteiger partial charge in [0.1, 0.15) is 11.0 Å². The van der Waals surface area contributed by atoms with Crippen LogP contribution >= 0.6 is 22.7 Å². The van der Waals surface area contributed by atoms with E-state index in [0.29, 0.717) is 35.5 Å². The Morgan fingerprint density at radius 1 is 0.437 bits per heavy atom. The van der Waals surface area contributed by atoms with Crippen molar-refractivity contribution in [3.63, 3.8) is 0 Å². The van der Waals surface area contributed by atoms with E-state index in [4.69, 9.17) is 8.83 Å². The minimum atomic E-state index is 0.354. The molecule has 0 N–H and O–H groups in total. The molecular weight excluding hydrogens is 913 g/mol. The van der Waals surface area contributed by atoms with Crippen molar-refractivity contribution < 1.29 is 8.83 Å². The number of hydrogen-bond donors (Lipinski definition) is 0. The summed E-state index contributed by atoms with van der Waals surface area (Å²) in [6, 6.07) is 37.1. The molecule has 372 valence electrons. The number of hydrogen-bond acceptors (Lipinski definition) is 10. The highest BCUT2D eigenvalue weighted by Gasteiger charge is 2.17. The van der Waals surface area contributed by atoms with Crippen molar-refractivity contribution in [3.05, 3.63) is 164 Å². The van der Waals surface area contributed by atoms with Crippen molar-refractivity contribution in [3.8, 4) is 0 Å². The average molecular weight is 987 g/mol. The van der Waals surface area contributed by atoms with E-state index < -0.39 is 0 Å². The molecule has 9 aromatic rings. The van der Waals surface area contributed by atoms with Gasteiger partial charge in [-0.2, -0.15) is 0 Å². The second-order valence-corrected chi connectivity index (χ2v) is 22.4. The lowest BCUT2D eigenvalue weighted by Gasteiger charge is -2.01. The molecule has 71 heavy (non-hydrogen) atoms. The van der Waals surface area contributed by atoms with Crippen LogP contribution in [0.15, 0.2) is 134 Å². The minimum absolute atomic E-state index is 0.354. The summed E-state index contributed by atoms with van der Waals surface area (Å²) in [6.07, 6.45) is 4.03. The predicted molar refractivity (Wildman–Crippen MR) is 304 cm³/mol. The van der Waals surface area contributed by atoms with Crippen molar-refractivity contribution in [2.75, 3.05) is 0 Å². The summed E-state index contributed by atoms with van der Waals surface area (Å²) in [4.78, 5) is 28.0. The SMILES string of the molecule is CC(C)C1=Nc2ccccc2C1.CC(C)c1nc2ccccc2o1.CC(C)c1nc2ccccc2s1.Cc1ccc2c(c1)N=C(C(C)C)C2.Cc1ccc2nc(C(C)C)oc2c1.Cc1cnc(C(C)C)s1. The summed E-state index contributed by atoms with van der Waals surface area (Å²) in [6.45, 7) is 32.1. The number of benzene rings is 5. The molecule has 5 aromatic carbocycles. The third-order valence-electron chi connectivity index (χ3n) is 11.6. The first kappa shape index (κ1) is 54.2.